The second-order valence-electron chi connectivity index (χ2n) is 21.2. The second-order valence-corrected chi connectivity index (χ2v) is 23.7. The van der Waals surface area contributed by atoms with Gasteiger partial charge in [-0.05, 0) is 52.7 Å². The van der Waals surface area contributed by atoms with Crippen molar-refractivity contribution in [2.75, 3.05) is 86.0 Å². The number of nitrogens with zero attached hydrogens (tertiary/aromatic N) is 5. The zero-order valence-corrected chi connectivity index (χ0v) is 50.6. The van der Waals surface area contributed by atoms with Crippen LogP contribution >= 0.6 is 21.6 Å². The monoisotopic (exact) mass is 1220 g/mol. The standard InChI is InChI=1S/C53H78N12O17S2/c1-52(2,3)81-48(75)57-22-37-45(72)61(7)26-35(59-50(77)79-28-32-18-14-12-15-19-32)42(69)55-24-40(66)63(9)39(31-84-83-30-34(54)44(71)64(37)10)47(74)65(11)38(23-58-49(76)82-53(4,5)6)46(73)62(8)27-36(43(70)56-25-41(67)68)60-51(78)80-29-33-20-16-13-17-21-33/h12-21,34-39H,22-31,54H2,1-11H3,(H,55,69)(H,56,70)(H,57,75)(H,58,76)(H,59,77)(H,60,78)(H,67,68)/t34-,35-,36-,37-,38+,39+/m1/s1. The maximum absolute atomic E-state index is 15.0. The van der Waals surface area contributed by atoms with E-state index < -0.39 is 158 Å². The number of carbonyl (C=O) groups excluding carboxylic acids is 11. The number of alkyl carbamates (subject to hydrolysis) is 4. The Morgan fingerprint density at radius 3 is 1.82 bits per heavy atom. The molecule has 2 aromatic carbocycles. The number of carboxylic acids is 1. The summed E-state index contributed by atoms with van der Waals surface area (Å²) in [5, 5.41) is 23.6. The van der Waals surface area contributed by atoms with Crippen molar-refractivity contribution in [2.45, 2.75) is 102 Å². The van der Waals surface area contributed by atoms with E-state index in [1.165, 1.54) is 35.2 Å². The van der Waals surface area contributed by atoms with E-state index in [1.807, 2.05) is 0 Å². The minimum absolute atomic E-state index is 0.146. The number of amides is 11. The fraction of sp³-hybridized carbons (Fsp3) is 0.547. The lowest BCUT2D eigenvalue weighted by atomic mass is 10.1. The highest BCUT2D eigenvalue weighted by molar-refractivity contribution is 8.76. The quantitative estimate of drug-likeness (QED) is 0.0723. The van der Waals surface area contributed by atoms with Gasteiger partial charge < -0.3 is 86.2 Å². The minimum atomic E-state index is -1.66. The van der Waals surface area contributed by atoms with Crippen LogP contribution in [0.5, 0.6) is 0 Å². The van der Waals surface area contributed by atoms with E-state index in [0.29, 0.717) is 11.1 Å². The number of rotatable bonds is 18. The molecule has 9 N–H and O–H groups in total. The highest BCUT2D eigenvalue weighted by atomic mass is 33.1. The van der Waals surface area contributed by atoms with Gasteiger partial charge in [0.1, 0.15) is 61.2 Å². The Bertz CT molecular complexity index is 2630. The van der Waals surface area contributed by atoms with E-state index in [4.69, 9.17) is 24.7 Å². The van der Waals surface area contributed by atoms with Gasteiger partial charge in [0.05, 0.1) is 25.7 Å². The van der Waals surface area contributed by atoms with Gasteiger partial charge >= 0.3 is 30.3 Å². The van der Waals surface area contributed by atoms with E-state index in [0.717, 1.165) is 46.1 Å². The molecule has 1 fully saturated rings. The Balaban J connectivity index is 2.05. The van der Waals surface area contributed by atoms with Gasteiger partial charge in [-0.3, -0.25) is 38.4 Å². The van der Waals surface area contributed by atoms with Crippen LogP contribution in [0.2, 0.25) is 0 Å². The van der Waals surface area contributed by atoms with Crippen LogP contribution in [0.4, 0.5) is 19.2 Å². The van der Waals surface area contributed by atoms with Crippen LogP contribution in [0.15, 0.2) is 60.7 Å². The Hall–Kier alpha value is -8.06. The van der Waals surface area contributed by atoms with Crippen LogP contribution in [-0.2, 0) is 70.5 Å². The minimum Gasteiger partial charge on any atom is -0.480 e. The summed E-state index contributed by atoms with van der Waals surface area (Å²) in [4.78, 5) is 168. The smallest absolute Gasteiger partial charge is 0.408 e. The topological polar surface area (TPSA) is 376 Å². The van der Waals surface area contributed by atoms with Gasteiger partial charge in [-0.2, -0.15) is 0 Å². The molecule has 29 nitrogen and oxygen atoms in total. The largest absolute Gasteiger partial charge is 0.480 e. The number of hydrogen-bond acceptors (Lipinski definition) is 19. The molecule has 6 atom stereocenters. The molecule has 11 amide bonds. The van der Waals surface area contributed by atoms with Crippen molar-refractivity contribution in [3.05, 3.63) is 71.8 Å². The lowest BCUT2D eigenvalue weighted by Crippen LogP contribution is -2.61. The average Bonchev–Trinajstić information content (AvgIpc) is 3.32. The molecule has 0 unspecified atom stereocenters. The lowest BCUT2D eigenvalue weighted by Gasteiger charge is -2.36. The van der Waals surface area contributed by atoms with Crippen molar-refractivity contribution in [3.8, 4) is 0 Å². The number of aliphatic carboxylic acids is 1. The summed E-state index contributed by atoms with van der Waals surface area (Å²) in [7, 11) is 8.16. The van der Waals surface area contributed by atoms with Crippen molar-refractivity contribution in [2.24, 2.45) is 5.73 Å². The van der Waals surface area contributed by atoms with E-state index in [2.05, 4.69) is 31.9 Å². The van der Waals surface area contributed by atoms with Crippen molar-refractivity contribution >= 4 is 93.3 Å². The molecular weight excluding hydrogens is 1140 g/mol. The number of carboxylic acid groups (broad SMARTS) is 1. The molecule has 0 aromatic heterocycles. The van der Waals surface area contributed by atoms with Gasteiger partial charge in [0.25, 0.3) is 0 Å². The number of nitrogens with one attached hydrogen (secondary N) is 6. The molecular formula is C53H78N12O17S2. The van der Waals surface area contributed by atoms with Gasteiger partial charge in [-0.15, -0.1) is 0 Å². The fourth-order valence-electron chi connectivity index (χ4n) is 7.54. The molecule has 0 bridgehead atoms. The lowest BCUT2D eigenvalue weighted by molar-refractivity contribution is -0.149. The maximum atomic E-state index is 15.0. The molecule has 31 heteroatoms. The molecule has 1 aliphatic heterocycles. The second kappa shape index (κ2) is 33.3. The van der Waals surface area contributed by atoms with E-state index >= 15 is 0 Å². The zero-order valence-electron chi connectivity index (χ0n) is 48.9. The molecule has 2 aromatic rings. The van der Waals surface area contributed by atoms with Crippen LogP contribution < -0.4 is 37.6 Å². The number of ether oxygens (including phenoxy) is 4. The predicted octanol–water partition coefficient (Wildman–Crippen LogP) is 0.0629. The van der Waals surface area contributed by atoms with Crippen molar-refractivity contribution in [3.63, 3.8) is 0 Å². The number of benzene rings is 2. The van der Waals surface area contributed by atoms with E-state index in [1.54, 1.807) is 102 Å². The summed E-state index contributed by atoms with van der Waals surface area (Å²) < 4.78 is 21.4. The molecule has 1 heterocycles. The normalized spacial score (nSPS) is 18.5. The summed E-state index contributed by atoms with van der Waals surface area (Å²) in [6.07, 6.45) is -4.13. The first-order valence-electron chi connectivity index (χ1n) is 26.2. The van der Waals surface area contributed by atoms with Crippen molar-refractivity contribution < 1.29 is 81.6 Å². The van der Waals surface area contributed by atoms with Crippen molar-refractivity contribution in [1.82, 2.24) is 56.4 Å². The number of hydrogen-bond donors (Lipinski definition) is 8. The summed E-state index contributed by atoms with van der Waals surface area (Å²) in [5.74, 6) is -8.22. The Morgan fingerprint density at radius 2 is 1.27 bits per heavy atom. The van der Waals surface area contributed by atoms with Crippen LogP contribution in [0.25, 0.3) is 0 Å². The van der Waals surface area contributed by atoms with Gasteiger partial charge in [-0.25, -0.2) is 19.2 Å². The maximum Gasteiger partial charge on any atom is 0.408 e. The number of nitrogens with two attached hydrogens (primary N) is 1. The number of carbonyl (C=O) groups is 12. The third-order valence-corrected chi connectivity index (χ3v) is 14.5. The molecule has 0 aliphatic carbocycles. The summed E-state index contributed by atoms with van der Waals surface area (Å²) in [6.45, 7) is 5.11. The first-order chi connectivity index (χ1) is 39.3. The Labute approximate surface area is 495 Å². The first kappa shape index (κ1) is 70.2. The SMILES string of the molecule is CN1C[C@@H](NC(=O)OCc2ccccc2)C(=O)NCC(=O)N(C)[C@H](C(=O)N(C)[C@@H](CNC(=O)OC(C)(C)C)C(=O)N(C)C[C@@H](NC(=O)OCc2ccccc2)C(=O)NCC(=O)O)CSSC[C@@H](N)C(=O)N(C)[C@H](CNC(=O)OC(C)(C)C)C1=O. The molecule has 464 valence electrons. The highest BCUT2D eigenvalue weighted by Crippen LogP contribution is 2.26. The van der Waals surface area contributed by atoms with Gasteiger partial charge in [-0.1, -0.05) is 82.3 Å². The molecule has 0 radical (unpaired) electrons. The molecule has 1 saturated heterocycles. The summed E-state index contributed by atoms with van der Waals surface area (Å²) in [6, 6.07) is 7.81. The molecule has 0 spiro atoms. The fourth-order valence-corrected chi connectivity index (χ4v) is 9.92. The van der Waals surface area contributed by atoms with Crippen LogP contribution in [0.3, 0.4) is 0 Å². The molecule has 0 saturated carbocycles. The molecule has 1 aliphatic rings. The van der Waals surface area contributed by atoms with Crippen molar-refractivity contribution in [1.29, 1.82) is 0 Å². The van der Waals surface area contributed by atoms with Gasteiger partial charge in [0.2, 0.25) is 41.4 Å². The van der Waals surface area contributed by atoms with Crippen LogP contribution in [0.1, 0.15) is 52.7 Å². The number of likely N-dealkylation sites (N-methyl/N-ethyl adjacent to an activating group) is 5. The van der Waals surface area contributed by atoms with E-state index in [9.17, 15) is 62.6 Å². The van der Waals surface area contributed by atoms with Crippen LogP contribution in [0, 0.1) is 0 Å². The predicted molar refractivity (Wildman–Crippen MR) is 307 cm³/mol. The highest BCUT2D eigenvalue weighted by Gasteiger charge is 2.40. The Kier molecular flexibility index (Phi) is 27.8. The first-order valence-corrected chi connectivity index (χ1v) is 28.7. The summed E-state index contributed by atoms with van der Waals surface area (Å²) >= 11 is 0. The third kappa shape index (κ3) is 24.4. The molecule has 84 heavy (non-hydrogen) atoms. The van der Waals surface area contributed by atoms with Gasteiger partial charge in [0, 0.05) is 59.8 Å². The van der Waals surface area contributed by atoms with Crippen LogP contribution in [-0.4, -0.2) is 235 Å². The molecule has 3 rings (SSSR count). The van der Waals surface area contributed by atoms with E-state index in [-0.39, 0.29) is 24.7 Å². The zero-order chi connectivity index (χ0) is 63.1. The average molecular weight is 1220 g/mol. The Morgan fingerprint density at radius 1 is 0.738 bits per heavy atom. The summed E-state index contributed by atoms with van der Waals surface area (Å²) in [5.41, 5.74) is 5.65. The third-order valence-electron chi connectivity index (χ3n) is 12.0. The van der Waals surface area contributed by atoms with Gasteiger partial charge in [0.15, 0.2) is 0 Å².